The number of aryl methyl sites for hydroxylation is 2. The second-order valence-electron chi connectivity index (χ2n) is 11.6. The summed E-state index contributed by atoms with van der Waals surface area (Å²) < 4.78 is 16.8. The number of imidazole rings is 1. The zero-order chi connectivity index (χ0) is 31.5. The summed E-state index contributed by atoms with van der Waals surface area (Å²) in [4.78, 5) is 64.3. The van der Waals surface area contributed by atoms with Crippen molar-refractivity contribution in [2.45, 2.75) is 45.6 Å². The van der Waals surface area contributed by atoms with Crippen LogP contribution < -0.4 is 16.1 Å². The van der Waals surface area contributed by atoms with Crippen LogP contribution in [0.2, 0.25) is 0 Å². The van der Waals surface area contributed by atoms with E-state index in [1.807, 2.05) is 19.1 Å². The zero-order valence-electron chi connectivity index (χ0n) is 25.1. The molecule has 5 aromatic rings. The summed E-state index contributed by atoms with van der Waals surface area (Å²) in [6, 6.07) is 13.3. The molecule has 3 aromatic heterocycles. The predicted molar refractivity (Wildman–Crippen MR) is 163 cm³/mol. The number of ketones is 1. The number of amides is 1. The Kier molecular flexibility index (Phi) is 6.94. The summed E-state index contributed by atoms with van der Waals surface area (Å²) in [6.45, 7) is 5.26. The molecule has 1 amide bonds. The average molecular weight is 598 g/mol. The number of nitrogens with one attached hydrogen (secondary N) is 2. The highest BCUT2D eigenvalue weighted by atomic mass is 19.1. The Balaban J connectivity index is 1.32. The minimum atomic E-state index is -0.680. The quantitative estimate of drug-likeness (QED) is 0.207. The topological polar surface area (TPSA) is 139 Å². The second kappa shape index (κ2) is 10.5. The minimum absolute atomic E-state index is 0.129. The van der Waals surface area contributed by atoms with Crippen molar-refractivity contribution >= 4 is 28.5 Å². The van der Waals surface area contributed by atoms with Crippen LogP contribution in [0.3, 0.4) is 0 Å². The van der Waals surface area contributed by atoms with Crippen molar-refractivity contribution in [3.05, 3.63) is 109 Å². The van der Waals surface area contributed by atoms with Gasteiger partial charge in [0.15, 0.2) is 5.65 Å². The molecule has 0 bridgehead atoms. The normalized spacial score (nSPS) is 14.5. The van der Waals surface area contributed by atoms with Crippen molar-refractivity contribution in [3.8, 4) is 0 Å². The van der Waals surface area contributed by atoms with Crippen LogP contribution in [0.25, 0.3) is 11.2 Å². The highest BCUT2D eigenvalue weighted by Gasteiger charge is 2.46. The number of nitrogens with zero attached hydrogens (tertiary/aromatic N) is 5. The number of H-pyrrole nitrogens is 2. The first-order valence-electron chi connectivity index (χ1n) is 14.3. The number of benzene rings is 2. The van der Waals surface area contributed by atoms with Gasteiger partial charge in [-0.3, -0.25) is 28.6 Å². The lowest BCUT2D eigenvalue weighted by molar-refractivity contribution is -0.114. The molecule has 1 aliphatic carbocycles. The van der Waals surface area contributed by atoms with Gasteiger partial charge in [0.2, 0.25) is 0 Å². The Bertz CT molecular complexity index is 2070. The van der Waals surface area contributed by atoms with Gasteiger partial charge in [-0.15, -0.1) is 0 Å². The third kappa shape index (κ3) is 4.66. The van der Waals surface area contributed by atoms with Crippen LogP contribution in [-0.2, 0) is 23.8 Å². The summed E-state index contributed by atoms with van der Waals surface area (Å²) in [5, 5.41) is 4.25. The Morgan fingerprint density at radius 3 is 2.36 bits per heavy atom. The van der Waals surface area contributed by atoms with E-state index >= 15 is 0 Å². The fourth-order valence-electron chi connectivity index (χ4n) is 5.94. The fraction of sp³-hybridized carbons (Fsp3) is 0.312. The third-order valence-electron chi connectivity index (χ3n) is 8.89. The summed E-state index contributed by atoms with van der Waals surface area (Å²) in [7, 11) is 3.28. The number of carbonyl (C=O) groups excluding carboxylic acids is 2. The highest BCUT2D eigenvalue weighted by Crippen LogP contribution is 2.50. The molecule has 0 aliphatic heterocycles. The first-order valence-corrected chi connectivity index (χ1v) is 14.3. The number of hydrogen-bond donors (Lipinski definition) is 2. The molecule has 1 atom stereocenters. The lowest BCUT2D eigenvalue weighted by Gasteiger charge is -2.29. The molecule has 0 saturated heterocycles. The summed E-state index contributed by atoms with van der Waals surface area (Å²) in [5.41, 5.74) is 1.42. The molecule has 1 saturated carbocycles. The maximum atomic E-state index is 14.3. The number of fused-ring (bicyclic) bond motifs is 1. The van der Waals surface area contributed by atoms with E-state index < -0.39 is 34.2 Å². The van der Waals surface area contributed by atoms with E-state index in [0.717, 1.165) is 23.0 Å². The molecule has 1 fully saturated rings. The number of aromatic nitrogens is 6. The lowest BCUT2D eigenvalue weighted by Crippen LogP contribution is -2.35. The van der Waals surface area contributed by atoms with Crippen LogP contribution in [0.15, 0.2) is 58.1 Å². The molecule has 11 nitrogen and oxygen atoms in total. The van der Waals surface area contributed by atoms with Crippen LogP contribution in [0.5, 0.6) is 0 Å². The molecule has 226 valence electrons. The van der Waals surface area contributed by atoms with Gasteiger partial charge in [0.1, 0.15) is 17.2 Å². The standard InChI is InChI=1S/C32H32FN7O4/c1-17-24(18(2)39(5)37-17)26(41)29(43)38(4)22-14-12-21(13-15-22)32(3,20-10-11-20)30-34-25-27(35-30)36-31(44)40(28(25)42)16-19-8-6-7-9-23(19)33/h6-9,12-15,20H,10-11,16H2,1-5H3,(H,34,35)(H,36,44). The Morgan fingerprint density at radius 2 is 1.75 bits per heavy atom. The second-order valence-corrected chi connectivity index (χ2v) is 11.6. The molecular formula is C32H32FN7O4. The molecule has 0 radical (unpaired) electrons. The minimum Gasteiger partial charge on any atom is -0.335 e. The van der Waals surface area contributed by atoms with Gasteiger partial charge in [-0.2, -0.15) is 5.10 Å². The molecule has 2 aromatic carbocycles. The molecule has 3 heterocycles. The van der Waals surface area contributed by atoms with Crippen LogP contribution in [0.4, 0.5) is 10.1 Å². The number of anilines is 1. The number of Topliss-reactive ketones (excluding diaryl/α,β-unsaturated/α-hetero) is 1. The Morgan fingerprint density at radius 1 is 1.07 bits per heavy atom. The van der Waals surface area contributed by atoms with E-state index in [0.29, 0.717) is 28.5 Å². The van der Waals surface area contributed by atoms with Crippen molar-refractivity contribution in [3.63, 3.8) is 0 Å². The monoisotopic (exact) mass is 597 g/mol. The molecule has 1 aliphatic rings. The fourth-order valence-corrected chi connectivity index (χ4v) is 5.94. The van der Waals surface area contributed by atoms with Gasteiger partial charge in [-0.05, 0) is 63.3 Å². The van der Waals surface area contributed by atoms with Crippen LogP contribution in [0, 0.1) is 25.6 Å². The zero-order valence-corrected chi connectivity index (χ0v) is 25.1. The van der Waals surface area contributed by atoms with Crippen molar-refractivity contribution in [1.82, 2.24) is 29.3 Å². The molecular weight excluding hydrogens is 565 g/mol. The van der Waals surface area contributed by atoms with Crippen LogP contribution in [-0.4, -0.2) is 48.0 Å². The molecule has 6 rings (SSSR count). The Labute approximate surface area is 251 Å². The van der Waals surface area contributed by atoms with Crippen LogP contribution >= 0.6 is 0 Å². The summed E-state index contributed by atoms with van der Waals surface area (Å²) in [6.07, 6.45) is 1.89. The largest absolute Gasteiger partial charge is 0.335 e. The van der Waals surface area contributed by atoms with Gasteiger partial charge < -0.3 is 9.88 Å². The van der Waals surface area contributed by atoms with E-state index in [1.54, 1.807) is 56.9 Å². The van der Waals surface area contributed by atoms with E-state index in [4.69, 9.17) is 0 Å². The van der Waals surface area contributed by atoms with Gasteiger partial charge in [-0.25, -0.2) is 14.2 Å². The van der Waals surface area contributed by atoms with Crippen molar-refractivity contribution < 1.29 is 14.0 Å². The number of carbonyl (C=O) groups is 2. The SMILES string of the molecule is Cc1nn(C)c(C)c1C(=O)C(=O)N(C)c1ccc(C(C)(c2nc3[nH]c(=O)n(Cc4ccccc4F)c(=O)c3[nH]2)C2CC2)cc1. The maximum Gasteiger partial charge on any atom is 0.330 e. The molecule has 0 spiro atoms. The van der Waals surface area contributed by atoms with E-state index in [-0.39, 0.29) is 29.2 Å². The maximum absolute atomic E-state index is 14.3. The first-order chi connectivity index (χ1) is 20.9. The number of halogens is 1. The Hall–Kier alpha value is -5.13. The first kappa shape index (κ1) is 29.0. The molecule has 44 heavy (non-hydrogen) atoms. The van der Waals surface area contributed by atoms with Gasteiger partial charge in [-0.1, -0.05) is 30.3 Å². The van der Waals surface area contributed by atoms with E-state index in [9.17, 15) is 23.6 Å². The smallest absolute Gasteiger partial charge is 0.330 e. The summed E-state index contributed by atoms with van der Waals surface area (Å²) in [5.74, 6) is -1.07. The van der Waals surface area contributed by atoms with Crippen molar-refractivity contribution in [2.75, 3.05) is 11.9 Å². The molecule has 12 heteroatoms. The van der Waals surface area contributed by atoms with E-state index in [2.05, 4.69) is 20.1 Å². The van der Waals surface area contributed by atoms with E-state index in [1.165, 1.54) is 17.0 Å². The highest BCUT2D eigenvalue weighted by molar-refractivity contribution is 6.47. The van der Waals surface area contributed by atoms with Crippen molar-refractivity contribution in [1.29, 1.82) is 0 Å². The van der Waals surface area contributed by atoms with Gasteiger partial charge in [0, 0.05) is 31.0 Å². The number of aromatic amines is 2. The molecule has 2 N–H and O–H groups in total. The molecule has 1 unspecified atom stereocenters. The van der Waals surface area contributed by atoms with Crippen LogP contribution in [0.1, 0.15) is 58.5 Å². The van der Waals surface area contributed by atoms with Gasteiger partial charge >= 0.3 is 5.69 Å². The van der Waals surface area contributed by atoms with Gasteiger partial charge in [0.25, 0.3) is 17.2 Å². The number of hydrogen-bond acceptors (Lipinski definition) is 6. The number of rotatable bonds is 8. The lowest BCUT2D eigenvalue weighted by atomic mass is 9.77. The third-order valence-corrected chi connectivity index (χ3v) is 8.89. The number of likely N-dealkylation sites (N-methyl/N-ethyl adjacent to an activating group) is 1. The van der Waals surface area contributed by atoms with Gasteiger partial charge in [0.05, 0.1) is 23.2 Å². The predicted octanol–water partition coefficient (Wildman–Crippen LogP) is 3.51. The average Bonchev–Trinajstić information content (AvgIpc) is 3.73. The summed E-state index contributed by atoms with van der Waals surface area (Å²) >= 11 is 0. The van der Waals surface area contributed by atoms with Crippen molar-refractivity contribution in [2.24, 2.45) is 13.0 Å².